The van der Waals surface area contributed by atoms with Gasteiger partial charge in [0.2, 0.25) is 0 Å². The van der Waals surface area contributed by atoms with Crippen LogP contribution in [0.3, 0.4) is 0 Å². The van der Waals surface area contributed by atoms with E-state index in [1.807, 2.05) is 48.7 Å². The Morgan fingerprint density at radius 1 is 0.947 bits per heavy atom. The highest BCUT2D eigenvalue weighted by Crippen LogP contribution is 2.25. The largest absolute Gasteiger partial charge is 0.497 e. The molecule has 1 aromatic heterocycles. The quantitative estimate of drug-likeness (QED) is 0.708. The molecule has 1 heterocycles. The van der Waals surface area contributed by atoms with E-state index in [0.29, 0.717) is 0 Å². The zero-order valence-electron chi connectivity index (χ0n) is 10.6. The van der Waals surface area contributed by atoms with Crippen LogP contribution >= 0.6 is 0 Å². The summed E-state index contributed by atoms with van der Waals surface area (Å²) in [5.41, 5.74) is 9.69. The first-order valence-corrected chi connectivity index (χ1v) is 6.06. The van der Waals surface area contributed by atoms with E-state index < -0.39 is 0 Å². The Bertz CT molecular complexity index is 720. The van der Waals surface area contributed by atoms with Gasteiger partial charge >= 0.3 is 0 Å². The van der Waals surface area contributed by atoms with Crippen molar-refractivity contribution in [2.45, 2.75) is 0 Å². The van der Waals surface area contributed by atoms with E-state index in [4.69, 9.17) is 10.5 Å². The predicted octanol–water partition coefficient (Wildman–Crippen LogP) is 3.49. The number of nitrogens with zero attached hydrogens (tertiary/aromatic N) is 1. The third kappa shape index (κ3) is 2.22. The maximum atomic E-state index is 5.81. The minimum atomic E-state index is 0.751. The lowest BCUT2D eigenvalue weighted by Crippen LogP contribution is -1.87. The van der Waals surface area contributed by atoms with E-state index in [0.717, 1.165) is 33.5 Å². The number of hydrogen-bond donors (Lipinski definition) is 1. The topological polar surface area (TPSA) is 48.1 Å². The molecule has 2 N–H and O–H groups in total. The Morgan fingerprint density at radius 3 is 2.47 bits per heavy atom. The highest BCUT2D eigenvalue weighted by atomic mass is 16.5. The highest BCUT2D eigenvalue weighted by molar-refractivity contribution is 5.86. The summed E-state index contributed by atoms with van der Waals surface area (Å²) in [7, 11) is 1.66. The molecule has 0 aliphatic rings. The monoisotopic (exact) mass is 250 g/mol. The standard InChI is InChI=1S/C16H14N2O/c1-19-15-5-2-11(3-6-15)13-8-12-9-14(17)4-7-16(12)18-10-13/h2-10H,17H2,1H3. The van der Waals surface area contributed by atoms with Crippen LogP contribution in [0.5, 0.6) is 5.75 Å². The van der Waals surface area contributed by atoms with Gasteiger partial charge in [-0.25, -0.2) is 0 Å². The number of ether oxygens (including phenoxy) is 1. The van der Waals surface area contributed by atoms with E-state index >= 15 is 0 Å². The van der Waals surface area contributed by atoms with Crippen LogP contribution in [0.1, 0.15) is 0 Å². The van der Waals surface area contributed by atoms with Gasteiger partial charge in [-0.1, -0.05) is 12.1 Å². The highest BCUT2D eigenvalue weighted by Gasteiger charge is 2.02. The second-order valence-electron chi connectivity index (χ2n) is 4.40. The van der Waals surface area contributed by atoms with Crippen molar-refractivity contribution in [3.05, 3.63) is 54.7 Å². The molecule has 0 spiro atoms. The molecule has 0 saturated carbocycles. The Hall–Kier alpha value is -2.55. The van der Waals surface area contributed by atoms with E-state index in [2.05, 4.69) is 11.1 Å². The number of anilines is 1. The van der Waals surface area contributed by atoms with Gasteiger partial charge < -0.3 is 10.5 Å². The summed E-state index contributed by atoms with van der Waals surface area (Å²) in [5, 5.41) is 1.05. The summed E-state index contributed by atoms with van der Waals surface area (Å²) in [5.74, 6) is 0.849. The summed E-state index contributed by atoms with van der Waals surface area (Å²) in [4.78, 5) is 4.45. The summed E-state index contributed by atoms with van der Waals surface area (Å²) >= 11 is 0. The van der Waals surface area contributed by atoms with Crippen molar-refractivity contribution >= 4 is 16.6 Å². The first-order chi connectivity index (χ1) is 9.26. The fourth-order valence-corrected chi connectivity index (χ4v) is 2.09. The molecule has 0 radical (unpaired) electrons. The van der Waals surface area contributed by atoms with Crippen LogP contribution in [0.25, 0.3) is 22.0 Å². The molecule has 94 valence electrons. The fourth-order valence-electron chi connectivity index (χ4n) is 2.09. The molecular weight excluding hydrogens is 236 g/mol. The van der Waals surface area contributed by atoms with Gasteiger partial charge in [0.1, 0.15) is 5.75 Å². The molecule has 0 fully saturated rings. The Morgan fingerprint density at radius 2 is 1.74 bits per heavy atom. The van der Waals surface area contributed by atoms with Crippen molar-refractivity contribution < 1.29 is 4.74 Å². The van der Waals surface area contributed by atoms with Crippen molar-refractivity contribution in [2.24, 2.45) is 0 Å². The van der Waals surface area contributed by atoms with Gasteiger partial charge in [-0.05, 0) is 42.0 Å². The van der Waals surface area contributed by atoms with Crippen LogP contribution in [-0.2, 0) is 0 Å². The van der Waals surface area contributed by atoms with Crippen LogP contribution in [0.15, 0.2) is 54.7 Å². The molecular formula is C16H14N2O. The van der Waals surface area contributed by atoms with Crippen molar-refractivity contribution in [3.63, 3.8) is 0 Å². The summed E-state index contributed by atoms with van der Waals surface area (Å²) in [6, 6.07) is 15.8. The van der Waals surface area contributed by atoms with E-state index in [-0.39, 0.29) is 0 Å². The minimum Gasteiger partial charge on any atom is -0.497 e. The molecule has 0 bridgehead atoms. The zero-order valence-corrected chi connectivity index (χ0v) is 10.6. The average Bonchev–Trinajstić information content (AvgIpc) is 2.46. The second kappa shape index (κ2) is 4.61. The predicted molar refractivity (Wildman–Crippen MR) is 78.1 cm³/mol. The van der Waals surface area contributed by atoms with Gasteiger partial charge in [-0.15, -0.1) is 0 Å². The van der Waals surface area contributed by atoms with Crippen molar-refractivity contribution in [3.8, 4) is 16.9 Å². The lowest BCUT2D eigenvalue weighted by Gasteiger charge is -2.05. The molecule has 0 aliphatic heterocycles. The summed E-state index contributed by atoms with van der Waals surface area (Å²) in [6.07, 6.45) is 1.88. The third-order valence-corrected chi connectivity index (χ3v) is 3.13. The van der Waals surface area contributed by atoms with Crippen molar-refractivity contribution in [1.82, 2.24) is 4.98 Å². The van der Waals surface area contributed by atoms with Crippen LogP contribution in [0.4, 0.5) is 5.69 Å². The number of aromatic nitrogens is 1. The van der Waals surface area contributed by atoms with Gasteiger partial charge in [0.25, 0.3) is 0 Å². The van der Waals surface area contributed by atoms with Gasteiger partial charge in [-0.2, -0.15) is 0 Å². The number of nitrogen functional groups attached to an aromatic ring is 1. The third-order valence-electron chi connectivity index (χ3n) is 3.13. The lowest BCUT2D eigenvalue weighted by molar-refractivity contribution is 0.415. The van der Waals surface area contributed by atoms with Crippen molar-refractivity contribution in [1.29, 1.82) is 0 Å². The molecule has 0 aliphatic carbocycles. The molecule has 19 heavy (non-hydrogen) atoms. The molecule has 2 aromatic carbocycles. The first-order valence-electron chi connectivity index (χ1n) is 6.06. The maximum absolute atomic E-state index is 5.81. The molecule has 0 atom stereocenters. The molecule has 0 unspecified atom stereocenters. The zero-order chi connectivity index (χ0) is 13.2. The van der Waals surface area contributed by atoms with Gasteiger partial charge in [0, 0.05) is 22.8 Å². The van der Waals surface area contributed by atoms with Gasteiger partial charge in [0.05, 0.1) is 12.6 Å². The number of rotatable bonds is 2. The van der Waals surface area contributed by atoms with Crippen LogP contribution in [-0.4, -0.2) is 12.1 Å². The van der Waals surface area contributed by atoms with E-state index in [9.17, 15) is 0 Å². The van der Waals surface area contributed by atoms with Gasteiger partial charge in [-0.3, -0.25) is 4.98 Å². The smallest absolute Gasteiger partial charge is 0.118 e. The maximum Gasteiger partial charge on any atom is 0.118 e. The lowest BCUT2D eigenvalue weighted by atomic mass is 10.1. The number of fused-ring (bicyclic) bond motifs is 1. The first kappa shape index (κ1) is 11.5. The normalized spacial score (nSPS) is 10.6. The Labute approximate surface area is 111 Å². The Balaban J connectivity index is 2.08. The number of pyridine rings is 1. The fraction of sp³-hybridized carbons (Fsp3) is 0.0625. The number of hydrogen-bond acceptors (Lipinski definition) is 3. The van der Waals surface area contributed by atoms with E-state index in [1.54, 1.807) is 7.11 Å². The van der Waals surface area contributed by atoms with Crippen LogP contribution in [0, 0.1) is 0 Å². The second-order valence-corrected chi connectivity index (χ2v) is 4.40. The van der Waals surface area contributed by atoms with Crippen LogP contribution < -0.4 is 10.5 Å². The van der Waals surface area contributed by atoms with E-state index in [1.165, 1.54) is 0 Å². The number of methoxy groups -OCH3 is 1. The molecule has 3 rings (SSSR count). The minimum absolute atomic E-state index is 0.751. The average molecular weight is 250 g/mol. The molecule has 3 nitrogen and oxygen atoms in total. The van der Waals surface area contributed by atoms with Crippen LogP contribution in [0.2, 0.25) is 0 Å². The molecule has 0 saturated heterocycles. The Kier molecular flexibility index (Phi) is 2.80. The van der Waals surface area contributed by atoms with Gasteiger partial charge in [0.15, 0.2) is 0 Å². The molecule has 3 aromatic rings. The number of benzene rings is 2. The van der Waals surface area contributed by atoms with Crippen molar-refractivity contribution in [2.75, 3.05) is 12.8 Å². The number of nitrogens with two attached hydrogens (primary N) is 1. The summed E-state index contributed by atoms with van der Waals surface area (Å²) < 4.78 is 5.16. The molecule has 0 amide bonds. The SMILES string of the molecule is COc1ccc(-c2cnc3ccc(N)cc3c2)cc1. The summed E-state index contributed by atoms with van der Waals surface area (Å²) in [6.45, 7) is 0. The molecule has 3 heteroatoms.